The van der Waals surface area contributed by atoms with Crippen LogP contribution in [0.15, 0.2) is 59.3 Å². The van der Waals surface area contributed by atoms with Crippen molar-refractivity contribution >= 4 is 34.5 Å². The summed E-state index contributed by atoms with van der Waals surface area (Å²) in [5.74, 6) is 0.888. The van der Waals surface area contributed by atoms with E-state index in [0.717, 1.165) is 18.4 Å². The van der Waals surface area contributed by atoms with E-state index in [1.165, 1.54) is 4.52 Å². The summed E-state index contributed by atoms with van der Waals surface area (Å²) in [6.45, 7) is 8.46. The summed E-state index contributed by atoms with van der Waals surface area (Å²) < 4.78 is 14.1. The van der Waals surface area contributed by atoms with Crippen molar-refractivity contribution in [3.8, 4) is 11.6 Å². The molecule has 4 aromatic heterocycles. The molecule has 6 rings (SSSR count). The first kappa shape index (κ1) is 27.4. The molecule has 0 radical (unpaired) electrons. The van der Waals surface area contributed by atoms with Crippen LogP contribution >= 0.6 is 0 Å². The Kier molecular flexibility index (Phi) is 6.71. The Labute approximate surface area is 242 Å². The number of nitrogen functional groups attached to an aromatic ring is 1. The molecule has 2 atom stereocenters. The number of nitrogens with two attached hydrogens (primary N) is 1. The Morgan fingerprint density at radius 2 is 1.86 bits per heavy atom. The van der Waals surface area contributed by atoms with E-state index in [-0.39, 0.29) is 30.2 Å². The number of nitrogens with zero attached hydrogens (tertiary/aromatic N) is 7. The molecule has 2 N–H and O–H groups in total. The molecule has 1 aliphatic rings. The Bertz CT molecular complexity index is 1750. The molecule has 12 heteroatoms. The van der Waals surface area contributed by atoms with E-state index >= 15 is 0 Å². The largest absolute Gasteiger partial charge is 0.461 e. The molecule has 0 bridgehead atoms. The maximum atomic E-state index is 14.4. The second-order valence-electron chi connectivity index (χ2n) is 11.9. The van der Waals surface area contributed by atoms with Crippen LogP contribution in [0, 0.1) is 5.92 Å². The molecule has 5 aromatic rings. The number of fused-ring (bicyclic) bond motifs is 3. The molecule has 0 aliphatic carbocycles. The van der Waals surface area contributed by atoms with Gasteiger partial charge in [-0.1, -0.05) is 30.3 Å². The molecular weight excluding hydrogens is 536 g/mol. The molecule has 1 aromatic carbocycles. The SMILES string of the molecule is CC(C)(C)OC(=O)N1CCC[C@@H](CC(=O)C(C)(c2ccccc2)n2ncc3c2nc(N)n2nc(-c4ccco4)nc32)C1. The van der Waals surface area contributed by atoms with Gasteiger partial charge in [-0.25, -0.2) is 14.5 Å². The van der Waals surface area contributed by atoms with Crippen LogP contribution in [0.1, 0.15) is 52.5 Å². The van der Waals surface area contributed by atoms with Crippen LogP contribution in [0.2, 0.25) is 0 Å². The topological polar surface area (TPSA) is 147 Å². The zero-order chi connectivity index (χ0) is 29.6. The van der Waals surface area contributed by atoms with Crippen molar-refractivity contribution in [1.82, 2.24) is 34.3 Å². The van der Waals surface area contributed by atoms with Crippen LogP contribution in [-0.2, 0) is 15.1 Å². The Morgan fingerprint density at radius 3 is 2.57 bits per heavy atom. The van der Waals surface area contributed by atoms with Crippen molar-refractivity contribution in [2.75, 3.05) is 18.8 Å². The molecule has 5 heterocycles. The number of likely N-dealkylation sites (tertiary alicyclic amines) is 1. The smallest absolute Gasteiger partial charge is 0.410 e. The van der Waals surface area contributed by atoms with E-state index in [1.807, 2.05) is 58.0 Å². The fourth-order valence-corrected chi connectivity index (χ4v) is 5.60. The number of hydrogen-bond acceptors (Lipinski definition) is 9. The standard InChI is InChI=1S/C30H34N8O4/c1-29(2,3)42-28(40)36-14-8-10-19(18-36)16-23(39)30(4,20-11-6-5-7-12-20)38-26-21(17-32-38)25-33-24(22-13-9-15-41-22)35-37(25)27(31)34-26/h5-7,9,11-13,15,17,19H,8,10,14,16,18H2,1-4H3,(H2,31,34)/t19-,30?/m0/s1. The number of aromatic nitrogens is 6. The summed E-state index contributed by atoms with van der Waals surface area (Å²) in [6.07, 6.45) is 4.71. The quantitative estimate of drug-likeness (QED) is 0.307. The maximum Gasteiger partial charge on any atom is 0.410 e. The lowest BCUT2D eigenvalue weighted by Crippen LogP contribution is -2.46. The molecule has 1 unspecified atom stereocenters. The number of carbonyl (C=O) groups excluding carboxylic acids is 2. The van der Waals surface area contributed by atoms with Gasteiger partial charge in [0, 0.05) is 19.5 Å². The minimum Gasteiger partial charge on any atom is -0.461 e. The second kappa shape index (κ2) is 10.3. The van der Waals surface area contributed by atoms with E-state index in [1.54, 1.807) is 34.2 Å². The van der Waals surface area contributed by atoms with Gasteiger partial charge in [-0.3, -0.25) is 4.79 Å². The molecule has 1 saturated heterocycles. The minimum atomic E-state index is -1.21. The van der Waals surface area contributed by atoms with Gasteiger partial charge in [0.25, 0.3) is 0 Å². The van der Waals surface area contributed by atoms with Crippen molar-refractivity contribution in [2.45, 2.75) is 58.1 Å². The number of piperidine rings is 1. The predicted octanol–water partition coefficient (Wildman–Crippen LogP) is 4.69. The number of amides is 1. The molecule has 0 saturated carbocycles. The number of hydrogen-bond donors (Lipinski definition) is 1. The first-order chi connectivity index (χ1) is 20.0. The van der Waals surface area contributed by atoms with Gasteiger partial charge in [0.2, 0.25) is 11.8 Å². The molecule has 1 amide bonds. The van der Waals surface area contributed by atoms with Crippen LogP contribution in [-0.4, -0.2) is 64.8 Å². The van der Waals surface area contributed by atoms with E-state index < -0.39 is 11.1 Å². The zero-order valence-corrected chi connectivity index (χ0v) is 24.1. The number of carbonyl (C=O) groups is 2. The molecule has 12 nitrogen and oxygen atoms in total. The summed E-state index contributed by atoms with van der Waals surface area (Å²) in [5, 5.41) is 9.76. The van der Waals surface area contributed by atoms with Gasteiger partial charge in [0.15, 0.2) is 22.8 Å². The zero-order valence-electron chi connectivity index (χ0n) is 24.1. The van der Waals surface area contributed by atoms with Crippen LogP contribution in [0.5, 0.6) is 0 Å². The third kappa shape index (κ3) is 4.86. The third-order valence-corrected chi connectivity index (χ3v) is 7.72. The summed E-state index contributed by atoms with van der Waals surface area (Å²) >= 11 is 0. The van der Waals surface area contributed by atoms with Gasteiger partial charge in [0.1, 0.15) is 11.1 Å². The van der Waals surface area contributed by atoms with Crippen LogP contribution in [0.4, 0.5) is 10.7 Å². The first-order valence-corrected chi connectivity index (χ1v) is 14.1. The highest BCUT2D eigenvalue weighted by Crippen LogP contribution is 2.35. The summed E-state index contributed by atoms with van der Waals surface area (Å²) in [4.78, 5) is 38.2. The van der Waals surface area contributed by atoms with Crippen molar-refractivity contribution < 1.29 is 18.7 Å². The van der Waals surface area contributed by atoms with Crippen molar-refractivity contribution in [3.63, 3.8) is 0 Å². The summed E-state index contributed by atoms with van der Waals surface area (Å²) in [6, 6.07) is 13.0. The summed E-state index contributed by atoms with van der Waals surface area (Å²) in [7, 11) is 0. The van der Waals surface area contributed by atoms with Gasteiger partial charge >= 0.3 is 6.09 Å². The van der Waals surface area contributed by atoms with Gasteiger partial charge in [-0.05, 0) is 64.2 Å². The average Bonchev–Trinajstić information content (AvgIpc) is 3.72. The molecule has 1 fully saturated rings. The molecule has 1 aliphatic heterocycles. The maximum absolute atomic E-state index is 14.4. The van der Waals surface area contributed by atoms with E-state index in [4.69, 9.17) is 20.0 Å². The van der Waals surface area contributed by atoms with Gasteiger partial charge < -0.3 is 19.8 Å². The van der Waals surface area contributed by atoms with E-state index in [9.17, 15) is 9.59 Å². The monoisotopic (exact) mass is 570 g/mol. The fraction of sp³-hybridized carbons (Fsp3) is 0.400. The third-order valence-electron chi connectivity index (χ3n) is 7.72. The number of rotatable bonds is 6. The highest BCUT2D eigenvalue weighted by atomic mass is 16.6. The number of Topliss-reactive ketones (excluding diaryl/α,β-unsaturated/α-hetero) is 1. The van der Waals surface area contributed by atoms with Crippen molar-refractivity contribution in [1.29, 1.82) is 0 Å². The minimum absolute atomic E-state index is 0.0271. The Morgan fingerprint density at radius 1 is 1.07 bits per heavy atom. The van der Waals surface area contributed by atoms with Gasteiger partial charge in [-0.15, -0.1) is 5.10 Å². The van der Waals surface area contributed by atoms with E-state index in [2.05, 4.69) is 15.1 Å². The van der Waals surface area contributed by atoms with Gasteiger partial charge in [0.05, 0.1) is 17.8 Å². The summed E-state index contributed by atoms with van der Waals surface area (Å²) in [5.41, 5.74) is 6.19. The van der Waals surface area contributed by atoms with Gasteiger partial charge in [-0.2, -0.15) is 14.6 Å². The molecule has 0 spiro atoms. The Hall–Kier alpha value is -4.74. The molecule has 42 heavy (non-hydrogen) atoms. The number of anilines is 1. The average molecular weight is 571 g/mol. The van der Waals surface area contributed by atoms with Crippen LogP contribution in [0.3, 0.4) is 0 Å². The lowest BCUT2D eigenvalue weighted by atomic mass is 9.81. The molecule has 218 valence electrons. The van der Waals surface area contributed by atoms with E-state index in [0.29, 0.717) is 41.4 Å². The normalized spacial score (nSPS) is 17.4. The highest BCUT2D eigenvalue weighted by Gasteiger charge is 2.41. The van der Waals surface area contributed by atoms with Crippen molar-refractivity contribution in [3.05, 3.63) is 60.5 Å². The Balaban J connectivity index is 1.38. The number of ketones is 1. The fourth-order valence-electron chi connectivity index (χ4n) is 5.60. The lowest BCUT2D eigenvalue weighted by molar-refractivity contribution is -0.126. The van der Waals surface area contributed by atoms with Crippen LogP contribution < -0.4 is 5.73 Å². The molecular formula is C30H34N8O4. The first-order valence-electron chi connectivity index (χ1n) is 14.1. The number of benzene rings is 1. The lowest BCUT2D eigenvalue weighted by Gasteiger charge is -2.36. The van der Waals surface area contributed by atoms with Crippen LogP contribution in [0.25, 0.3) is 28.3 Å². The van der Waals surface area contributed by atoms with Crippen molar-refractivity contribution in [2.24, 2.45) is 5.92 Å². The predicted molar refractivity (Wildman–Crippen MR) is 156 cm³/mol. The number of ether oxygens (including phenoxy) is 1. The second-order valence-corrected chi connectivity index (χ2v) is 11.9. The number of furan rings is 1. The highest BCUT2D eigenvalue weighted by molar-refractivity contribution is 5.95.